The van der Waals surface area contributed by atoms with E-state index in [0.717, 1.165) is 58.0 Å². The summed E-state index contributed by atoms with van der Waals surface area (Å²) >= 11 is 0. The van der Waals surface area contributed by atoms with E-state index in [0.29, 0.717) is 23.7 Å². The molecule has 3 aromatic carbocycles. The summed E-state index contributed by atoms with van der Waals surface area (Å²) in [7, 11) is 0. The molecule has 180 valence electrons. The average molecular weight is 477 g/mol. The number of anilines is 4. The fourth-order valence-corrected chi connectivity index (χ4v) is 4.44. The number of nitrogens with zero attached hydrogens (tertiary/aromatic N) is 4. The number of fused-ring (bicyclic) bond motifs is 1. The minimum absolute atomic E-state index is 0.382. The average Bonchev–Trinajstić information content (AvgIpc) is 3.54. The van der Waals surface area contributed by atoms with Gasteiger partial charge in [-0.1, -0.05) is 24.3 Å². The largest absolute Gasteiger partial charge is 0.366 e. The van der Waals surface area contributed by atoms with Crippen LogP contribution in [-0.4, -0.2) is 47.0 Å². The molecule has 0 spiro atoms. The summed E-state index contributed by atoms with van der Waals surface area (Å²) < 4.78 is 0. The van der Waals surface area contributed by atoms with Crippen LogP contribution in [0.4, 0.5) is 23.0 Å². The van der Waals surface area contributed by atoms with E-state index in [-0.39, 0.29) is 0 Å². The lowest BCUT2D eigenvalue weighted by molar-refractivity contribution is 0.726. The number of hydrogen-bond acceptors (Lipinski definition) is 8. The minimum Gasteiger partial charge on any atom is -0.366 e. The maximum absolute atomic E-state index is 4.56. The third-order valence-corrected chi connectivity index (χ3v) is 6.34. The Kier molecular flexibility index (Phi) is 5.69. The molecule has 4 aromatic rings. The lowest BCUT2D eigenvalue weighted by Crippen LogP contribution is -2.27. The molecule has 0 radical (unpaired) electrons. The molecule has 8 nitrogen and oxygen atoms in total. The Morgan fingerprint density at radius 1 is 0.611 bits per heavy atom. The van der Waals surface area contributed by atoms with Gasteiger partial charge < -0.3 is 21.3 Å². The van der Waals surface area contributed by atoms with Gasteiger partial charge >= 0.3 is 0 Å². The van der Waals surface area contributed by atoms with Crippen molar-refractivity contribution in [3.63, 3.8) is 0 Å². The molecule has 0 saturated heterocycles. The van der Waals surface area contributed by atoms with Gasteiger partial charge in [-0.05, 0) is 62.4 Å². The zero-order valence-corrected chi connectivity index (χ0v) is 20.3. The second kappa shape index (κ2) is 9.30. The fourth-order valence-electron chi connectivity index (χ4n) is 4.44. The van der Waals surface area contributed by atoms with Gasteiger partial charge in [-0.3, -0.25) is 9.98 Å². The Morgan fingerprint density at radius 2 is 1.03 bits per heavy atom. The molecule has 0 saturated carbocycles. The molecule has 4 N–H and O–H groups in total. The predicted octanol–water partition coefficient (Wildman–Crippen LogP) is 4.59. The number of aromatic nitrogens is 2. The van der Waals surface area contributed by atoms with Crippen molar-refractivity contribution in [2.24, 2.45) is 9.98 Å². The summed E-state index contributed by atoms with van der Waals surface area (Å²) in [6, 6.07) is 25.3. The van der Waals surface area contributed by atoms with E-state index in [1.165, 1.54) is 0 Å². The van der Waals surface area contributed by atoms with E-state index >= 15 is 0 Å². The van der Waals surface area contributed by atoms with E-state index in [9.17, 15) is 0 Å². The van der Waals surface area contributed by atoms with E-state index in [1.807, 2.05) is 36.4 Å². The predicted molar refractivity (Wildman–Crippen MR) is 147 cm³/mol. The van der Waals surface area contributed by atoms with Gasteiger partial charge in [0.2, 0.25) is 0 Å². The van der Waals surface area contributed by atoms with Crippen LogP contribution < -0.4 is 21.3 Å². The van der Waals surface area contributed by atoms with Crippen LogP contribution in [0, 0.1) is 0 Å². The number of amidine groups is 2. The van der Waals surface area contributed by atoms with Gasteiger partial charge in [0.15, 0.2) is 11.6 Å². The summed E-state index contributed by atoms with van der Waals surface area (Å²) in [5.74, 6) is 3.32. The molecule has 0 aliphatic carbocycles. The molecule has 2 unspecified atom stereocenters. The molecule has 6 rings (SSSR count). The molecule has 36 heavy (non-hydrogen) atoms. The second-order valence-electron chi connectivity index (χ2n) is 9.32. The van der Waals surface area contributed by atoms with E-state index in [4.69, 9.17) is 0 Å². The monoisotopic (exact) mass is 476 g/mol. The topological polar surface area (TPSA) is 98.6 Å². The van der Waals surface area contributed by atoms with Crippen LogP contribution in [0.1, 0.15) is 25.0 Å². The third kappa shape index (κ3) is 4.45. The van der Waals surface area contributed by atoms with Crippen LogP contribution in [0.15, 0.2) is 82.8 Å². The van der Waals surface area contributed by atoms with Crippen molar-refractivity contribution in [1.82, 2.24) is 20.8 Å². The van der Waals surface area contributed by atoms with Crippen LogP contribution in [0.25, 0.3) is 10.8 Å². The first-order valence-electron chi connectivity index (χ1n) is 12.2. The van der Waals surface area contributed by atoms with Gasteiger partial charge in [0.1, 0.15) is 11.7 Å². The first-order valence-corrected chi connectivity index (χ1v) is 12.2. The summed E-state index contributed by atoms with van der Waals surface area (Å²) in [6.07, 6.45) is 0. The molecule has 0 amide bonds. The van der Waals surface area contributed by atoms with Gasteiger partial charge in [-0.2, -0.15) is 0 Å². The Balaban J connectivity index is 1.21. The summed E-state index contributed by atoms with van der Waals surface area (Å²) in [5.41, 5.74) is 4.05. The van der Waals surface area contributed by atoms with Crippen molar-refractivity contribution in [2.45, 2.75) is 25.9 Å². The highest BCUT2D eigenvalue weighted by Crippen LogP contribution is 2.30. The SMILES string of the molecule is CC1CN=C(c2ccc(Nc3nnc(Nc4ccc(C5=NCC(C)N5)cc4)c4ccccc34)cc2)N1. The van der Waals surface area contributed by atoms with Crippen molar-refractivity contribution in [1.29, 1.82) is 0 Å². The van der Waals surface area contributed by atoms with E-state index < -0.39 is 0 Å². The fraction of sp³-hybridized carbons (Fsp3) is 0.214. The molecule has 2 atom stereocenters. The molecule has 3 heterocycles. The van der Waals surface area contributed by atoms with Gasteiger partial charge in [0.25, 0.3) is 0 Å². The Hall–Kier alpha value is -4.46. The molecule has 0 bridgehead atoms. The van der Waals surface area contributed by atoms with Crippen LogP contribution in [0.2, 0.25) is 0 Å². The van der Waals surface area contributed by atoms with Crippen molar-refractivity contribution >= 4 is 45.5 Å². The number of hydrogen-bond donors (Lipinski definition) is 4. The van der Waals surface area contributed by atoms with Gasteiger partial charge in [0, 0.05) is 45.4 Å². The molecule has 0 fully saturated rings. The highest BCUT2D eigenvalue weighted by molar-refractivity contribution is 6.02. The quantitative estimate of drug-likeness (QED) is 0.325. The Bertz CT molecular complexity index is 1350. The lowest BCUT2D eigenvalue weighted by Gasteiger charge is -2.13. The maximum atomic E-state index is 4.56. The zero-order valence-electron chi connectivity index (χ0n) is 20.3. The summed E-state index contributed by atoms with van der Waals surface area (Å²) in [4.78, 5) is 9.12. The highest BCUT2D eigenvalue weighted by Gasteiger charge is 2.16. The standard InChI is InChI=1S/C28H28N8/c1-17-15-29-25(31-17)19-7-11-21(12-8-19)33-27-23-5-3-4-6-24(23)28(36-35-27)34-22-13-9-20(10-14-22)26-30-16-18(2)32-26/h3-14,17-18H,15-16H2,1-2H3,(H,29,31)(H,30,32)(H,33,35)(H,34,36). The van der Waals surface area contributed by atoms with Gasteiger partial charge in [0.05, 0.1) is 13.1 Å². The smallest absolute Gasteiger partial charge is 0.161 e. The van der Waals surface area contributed by atoms with Crippen molar-refractivity contribution < 1.29 is 0 Å². The lowest BCUT2D eigenvalue weighted by atomic mass is 10.1. The van der Waals surface area contributed by atoms with E-state index in [2.05, 4.69) is 91.7 Å². The van der Waals surface area contributed by atoms with E-state index in [1.54, 1.807) is 0 Å². The first-order chi connectivity index (χ1) is 17.6. The van der Waals surface area contributed by atoms with Gasteiger partial charge in [-0.15, -0.1) is 10.2 Å². The van der Waals surface area contributed by atoms with Crippen LogP contribution in [0.5, 0.6) is 0 Å². The maximum Gasteiger partial charge on any atom is 0.161 e. The molecule has 1 aromatic heterocycles. The number of rotatable bonds is 6. The number of benzene rings is 3. The second-order valence-corrected chi connectivity index (χ2v) is 9.32. The van der Waals surface area contributed by atoms with Crippen LogP contribution in [-0.2, 0) is 0 Å². The summed E-state index contributed by atoms with van der Waals surface area (Å²) in [6.45, 7) is 5.89. The number of nitrogens with one attached hydrogen (secondary N) is 4. The number of aliphatic imine (C=N–C) groups is 2. The van der Waals surface area contributed by atoms with Crippen molar-refractivity contribution in [2.75, 3.05) is 23.7 Å². The van der Waals surface area contributed by atoms with Crippen molar-refractivity contribution in [3.8, 4) is 0 Å². The first kappa shape index (κ1) is 22.0. The van der Waals surface area contributed by atoms with Crippen LogP contribution >= 0.6 is 0 Å². The zero-order chi connectivity index (χ0) is 24.5. The third-order valence-electron chi connectivity index (χ3n) is 6.34. The Morgan fingerprint density at radius 3 is 1.39 bits per heavy atom. The molecule has 8 heteroatoms. The highest BCUT2D eigenvalue weighted by atomic mass is 15.2. The minimum atomic E-state index is 0.382. The van der Waals surface area contributed by atoms with Crippen molar-refractivity contribution in [3.05, 3.63) is 83.9 Å². The summed E-state index contributed by atoms with van der Waals surface area (Å²) in [5, 5.41) is 24.6. The molecular weight excluding hydrogens is 448 g/mol. The Labute approximate surface area is 210 Å². The normalized spacial score (nSPS) is 18.8. The molecular formula is C28H28N8. The van der Waals surface area contributed by atoms with Gasteiger partial charge in [-0.25, -0.2) is 0 Å². The molecule has 2 aliphatic rings. The molecule has 2 aliphatic heterocycles. The van der Waals surface area contributed by atoms with Crippen LogP contribution in [0.3, 0.4) is 0 Å².